The highest BCUT2D eigenvalue weighted by molar-refractivity contribution is 7.80. The van der Waals surface area contributed by atoms with E-state index in [-0.39, 0.29) is 46.7 Å². The van der Waals surface area contributed by atoms with E-state index in [1.807, 2.05) is 0 Å². The van der Waals surface area contributed by atoms with Crippen LogP contribution in [-0.2, 0) is 153 Å². The van der Waals surface area contributed by atoms with Crippen LogP contribution in [0.2, 0.25) is 0 Å². The van der Waals surface area contributed by atoms with Gasteiger partial charge in [0.2, 0.25) is 53.2 Å². The fourth-order valence-corrected chi connectivity index (χ4v) is 13.7. The van der Waals surface area contributed by atoms with Crippen LogP contribution in [0, 0.1) is 5.92 Å². The third-order valence-electron chi connectivity index (χ3n) is 18.1. The van der Waals surface area contributed by atoms with Gasteiger partial charge in [-0.3, -0.25) is 86.3 Å². The number of esters is 8. The van der Waals surface area contributed by atoms with E-state index in [0.29, 0.717) is 0 Å². The Balaban J connectivity index is 2.05. The van der Waals surface area contributed by atoms with Crippen LogP contribution in [0.15, 0.2) is 0 Å². The van der Waals surface area contributed by atoms with Gasteiger partial charge in [-0.15, -0.1) is 0 Å². The number of amides is 9. The zero-order valence-electron chi connectivity index (χ0n) is 69.9. The average Bonchev–Trinajstić information content (AvgIpc) is 1.23. The number of hydrogen-bond donors (Lipinski definition) is 12. The van der Waals surface area contributed by atoms with Crippen molar-refractivity contribution in [2.24, 2.45) is 11.7 Å². The Hall–Kier alpha value is -10.1. The Kier molecular flexibility index (Phi) is 41.9. The number of nitrogens with two attached hydrogens (primary N) is 1. The quantitative estimate of drug-likeness (QED) is 0.0156. The first-order valence-electron chi connectivity index (χ1n) is 38.3. The van der Waals surface area contributed by atoms with Gasteiger partial charge in [0.1, 0.15) is 85.9 Å². The minimum Gasteiger partial charge on any atom is -0.481 e. The molecule has 0 aromatic rings. The largest absolute Gasteiger partial charge is 0.481 e. The number of aliphatic carboxylic acids is 1. The van der Waals surface area contributed by atoms with Gasteiger partial charge in [-0.05, 0) is 73.1 Å². The van der Waals surface area contributed by atoms with Crippen molar-refractivity contribution >= 4 is 159 Å². The smallest absolute Gasteiger partial charge is 0.303 e. The highest BCUT2D eigenvalue weighted by Crippen LogP contribution is 2.34. The third-order valence-corrected chi connectivity index (χ3v) is 18.5. The van der Waals surface area contributed by atoms with Crippen molar-refractivity contribution in [3.63, 3.8) is 0 Å². The van der Waals surface area contributed by atoms with E-state index in [9.17, 15) is 77.0 Å². The number of thiocarbonyl (C=S) groups is 3. The van der Waals surface area contributed by atoms with Gasteiger partial charge in [-0.25, -0.2) is 0 Å². The van der Waals surface area contributed by atoms with Crippen molar-refractivity contribution in [1.29, 1.82) is 0 Å². The van der Waals surface area contributed by atoms with Crippen molar-refractivity contribution in [3.05, 3.63) is 0 Å². The molecule has 23 atom stereocenters. The zero-order chi connectivity index (χ0) is 91.3. The molecule has 48 heteroatoms. The van der Waals surface area contributed by atoms with E-state index in [1.165, 1.54) is 27.7 Å². The van der Waals surface area contributed by atoms with Crippen molar-refractivity contribution < 1.29 is 158 Å². The zero-order valence-corrected chi connectivity index (χ0v) is 72.3. The first-order valence-corrected chi connectivity index (χ1v) is 39.5. The molecule has 0 aromatic heterocycles. The Morgan fingerprint density at radius 2 is 0.851 bits per heavy atom. The molecule has 0 aliphatic carbocycles. The van der Waals surface area contributed by atoms with Crippen LogP contribution in [0.1, 0.15) is 150 Å². The molecule has 0 bridgehead atoms. The van der Waals surface area contributed by atoms with Crippen LogP contribution >= 0.6 is 36.7 Å². The second kappa shape index (κ2) is 49.1. The SMILES string of the molecule is CC(=O)N[C@@H](CCC(=O)O)C(=O)N[C@@H](CC(C)C)C(=O)N[C@@H](C)C(=O)N[C@H](C(=O)N[C@H](C(=O)NCC(=O)N1CCC[C@H]1C(=O)NCC(N)=O)[C@@H](C)O[C@H]1O[C@H](COC(C)=O)[C@H](OC(C)=O)[C@H](OC(C)=O)[C@H]1NC(C)=S)[C@@H](C)O[C@H]1O[C@H](CO[C@H]2O[C@H](COC(C)=O)[C@H](OC(C)=O)[C@H](OC(C)=O)[C@H]2NC(C)=S)[C@H](OC(C)=O)[C@H](OC(C)=O)[C@H]1NC(C)=S. The fourth-order valence-electron chi connectivity index (χ4n) is 13.3. The lowest BCUT2D eigenvalue weighted by molar-refractivity contribution is -0.311. The monoisotopic (exact) mass is 1780 g/mol. The molecule has 678 valence electrons. The second-order valence-electron chi connectivity index (χ2n) is 29.1. The number of primary amides is 1. The Morgan fingerprint density at radius 3 is 1.25 bits per heavy atom. The molecule has 9 amide bonds. The lowest BCUT2D eigenvalue weighted by Gasteiger charge is -2.48. The van der Waals surface area contributed by atoms with Gasteiger partial charge in [-0.2, -0.15) is 0 Å². The van der Waals surface area contributed by atoms with Crippen LogP contribution in [0.25, 0.3) is 0 Å². The van der Waals surface area contributed by atoms with Crippen LogP contribution in [-0.4, -0.2) is 312 Å². The summed E-state index contributed by atoms with van der Waals surface area (Å²) in [5.74, 6) is -18.5. The van der Waals surface area contributed by atoms with Gasteiger partial charge in [0.05, 0.1) is 46.9 Å². The van der Waals surface area contributed by atoms with Crippen molar-refractivity contribution in [2.45, 2.75) is 290 Å². The minimum atomic E-state index is -2.26. The van der Waals surface area contributed by atoms with Crippen LogP contribution in [0.4, 0.5) is 0 Å². The number of carboxylic acid groups (broad SMARTS) is 1. The molecule has 4 saturated heterocycles. The molecule has 4 aliphatic rings. The highest BCUT2D eigenvalue weighted by Gasteiger charge is 2.57. The lowest BCUT2D eigenvalue weighted by atomic mass is 9.95. The predicted octanol–water partition coefficient (Wildman–Crippen LogP) is -4.30. The van der Waals surface area contributed by atoms with Crippen molar-refractivity contribution in [3.8, 4) is 0 Å². The van der Waals surface area contributed by atoms with E-state index >= 15 is 14.4 Å². The van der Waals surface area contributed by atoms with Gasteiger partial charge in [0.15, 0.2) is 55.5 Å². The summed E-state index contributed by atoms with van der Waals surface area (Å²) in [6.45, 7) is 16.4. The number of rotatable bonds is 42. The van der Waals surface area contributed by atoms with E-state index in [2.05, 4.69) is 53.2 Å². The first kappa shape index (κ1) is 103. The molecule has 0 unspecified atom stereocenters. The van der Waals surface area contributed by atoms with E-state index in [0.717, 1.165) is 81.1 Å². The number of ether oxygens (including phenoxy) is 14. The van der Waals surface area contributed by atoms with Crippen LogP contribution in [0.5, 0.6) is 0 Å². The molecule has 0 aromatic carbocycles. The molecular formula is C73H110N12O33S3. The number of carboxylic acids is 1. The van der Waals surface area contributed by atoms with Crippen molar-refractivity contribution in [1.82, 2.24) is 58.1 Å². The molecule has 4 fully saturated rings. The van der Waals surface area contributed by atoms with E-state index < -0.39 is 293 Å². The number of nitrogens with zero attached hydrogens (tertiary/aromatic N) is 1. The average molecular weight is 1780 g/mol. The maximum atomic E-state index is 16.0. The fraction of sp³-hybridized carbons (Fsp3) is 0.712. The number of hydrogen-bond acceptors (Lipinski definition) is 35. The predicted molar refractivity (Wildman–Crippen MR) is 422 cm³/mol. The second-order valence-corrected chi connectivity index (χ2v) is 30.9. The summed E-state index contributed by atoms with van der Waals surface area (Å²) in [5, 5.41) is 35.2. The summed E-state index contributed by atoms with van der Waals surface area (Å²) >= 11 is 16.4. The summed E-state index contributed by atoms with van der Waals surface area (Å²) in [6, 6.07) is -15.0. The number of carbonyl (C=O) groups is 18. The molecule has 4 heterocycles. The highest BCUT2D eigenvalue weighted by atomic mass is 32.1. The Morgan fingerprint density at radius 1 is 0.455 bits per heavy atom. The molecule has 45 nitrogen and oxygen atoms in total. The molecule has 4 aliphatic heterocycles. The van der Waals surface area contributed by atoms with Crippen LogP contribution < -0.4 is 58.9 Å². The third kappa shape index (κ3) is 34.0. The van der Waals surface area contributed by atoms with Crippen molar-refractivity contribution in [2.75, 3.05) is 39.5 Å². The maximum absolute atomic E-state index is 16.0. The molecule has 13 N–H and O–H groups in total. The van der Waals surface area contributed by atoms with Gasteiger partial charge < -0.3 is 135 Å². The maximum Gasteiger partial charge on any atom is 0.303 e. The van der Waals surface area contributed by atoms with Gasteiger partial charge in [0.25, 0.3) is 0 Å². The molecule has 0 spiro atoms. The molecule has 4 rings (SSSR count). The van der Waals surface area contributed by atoms with E-state index in [4.69, 9.17) is 109 Å². The number of likely N-dealkylation sites (tertiary alicyclic amines) is 1. The molecular weight excluding hydrogens is 1670 g/mol. The summed E-state index contributed by atoms with van der Waals surface area (Å²) < 4.78 is 83.9. The summed E-state index contributed by atoms with van der Waals surface area (Å²) in [6.07, 6.45) is -24.9. The normalized spacial score (nSPS) is 25.3. The number of nitrogens with one attached hydrogen (secondary N) is 10. The first-order chi connectivity index (χ1) is 56.5. The standard InChI is InChI=1S/C73H110N12O33S3/c1-29(2)23-46(82-66(100)45(78-33(6)86)20-21-53(97)98)67(101)77-30(3)65(99)83-55(32(5)109-73-58(81-36(9)121)64(115-44(17)94)61(112-41(14)91)50(118-73)28-107-71-56(79-34(7)119)62(113-42(15)92)59(110-39(12)89)48(116-71)26-105-37(10)87)70(104)84-54(69(103)76-25-52(96)85-22-18-19-47(85)68(102)75-24-51(74)95)31(4)108-72-57(80-35(8)120)63(114-43(16)93)60(111-40(13)90)49(117-72)27-106-38(11)88/h29-32,45-50,54-64,71-73H,18-28H2,1-17H3,(H2,74,95)(H,75,102)(H,76,103)(H,77,101)(H,78,86)(H,79,119)(H,80,120)(H,81,121)(H,82,100)(H,83,99)(H,84,104)(H,97,98)/t30-,31+,32+,45-,46-,47-,48+,49+,50+,54-,55-,56+,57+,58+,59-,60-,61-,62+,63+,64+,71-,72-,73-/m0/s1. The van der Waals surface area contributed by atoms with Gasteiger partial charge >= 0.3 is 53.7 Å². The van der Waals surface area contributed by atoms with Crippen LogP contribution in [0.3, 0.4) is 0 Å². The topological polar surface area (TPSA) is 606 Å². The van der Waals surface area contributed by atoms with Gasteiger partial charge in [0, 0.05) is 75.3 Å². The Labute approximate surface area is 712 Å². The molecule has 121 heavy (non-hydrogen) atoms. The minimum absolute atomic E-state index is 0.0266. The summed E-state index contributed by atoms with van der Waals surface area (Å²) in [7, 11) is 0. The van der Waals surface area contributed by atoms with E-state index in [1.54, 1.807) is 13.8 Å². The summed E-state index contributed by atoms with van der Waals surface area (Å²) in [4.78, 5) is 242. The van der Waals surface area contributed by atoms with Gasteiger partial charge in [-0.1, -0.05) is 50.5 Å². The lowest BCUT2D eigenvalue weighted by Crippen LogP contribution is -2.69. The molecule has 0 saturated carbocycles. The molecule has 0 radical (unpaired) electrons. The summed E-state index contributed by atoms with van der Waals surface area (Å²) in [5.41, 5.74) is 5.27. The Bertz CT molecular complexity index is 3810. The number of carbonyl (C=O) groups excluding carboxylic acids is 17.